The van der Waals surface area contributed by atoms with Crippen LogP contribution in [-0.4, -0.2) is 30.1 Å². The van der Waals surface area contributed by atoms with E-state index < -0.39 is 5.54 Å². The molecule has 2 fully saturated rings. The highest BCUT2D eigenvalue weighted by molar-refractivity contribution is 5.11. The maximum Gasteiger partial charge on any atom is 0.107 e. The zero-order valence-electron chi connectivity index (χ0n) is 11.0. The molecule has 1 aliphatic carbocycles. The van der Waals surface area contributed by atoms with Crippen molar-refractivity contribution in [1.29, 1.82) is 5.26 Å². The molecule has 0 amide bonds. The van der Waals surface area contributed by atoms with E-state index in [1.165, 1.54) is 25.9 Å². The van der Waals surface area contributed by atoms with Crippen LogP contribution in [0.1, 0.15) is 45.4 Å². The molecule has 1 heterocycles. The van der Waals surface area contributed by atoms with Gasteiger partial charge in [-0.1, -0.05) is 13.3 Å². The third-order valence-corrected chi connectivity index (χ3v) is 4.61. The molecule has 0 radical (unpaired) electrons. The second-order valence-electron chi connectivity index (χ2n) is 6.08. The molecule has 1 saturated carbocycles. The summed E-state index contributed by atoms with van der Waals surface area (Å²) in [6.45, 7) is 5.94. The molecule has 0 bridgehead atoms. The Labute approximate surface area is 105 Å². The minimum absolute atomic E-state index is 0.421. The summed E-state index contributed by atoms with van der Waals surface area (Å²) in [7, 11) is 0. The molecule has 1 saturated heterocycles. The standard InChI is InChI=1S/C14H25N3/c1-12-4-3-8-17(10-12)9-6-13-5-2-7-14(13,16)11-15/h12-13H,2-10,16H2,1H3. The van der Waals surface area contributed by atoms with Gasteiger partial charge in [-0.05, 0) is 57.0 Å². The number of nitriles is 1. The van der Waals surface area contributed by atoms with E-state index >= 15 is 0 Å². The summed E-state index contributed by atoms with van der Waals surface area (Å²) in [5.41, 5.74) is 5.64. The van der Waals surface area contributed by atoms with Gasteiger partial charge in [0.1, 0.15) is 5.54 Å². The molecule has 3 heteroatoms. The van der Waals surface area contributed by atoms with Crippen molar-refractivity contribution in [1.82, 2.24) is 4.90 Å². The van der Waals surface area contributed by atoms with Gasteiger partial charge < -0.3 is 10.6 Å². The molecule has 3 nitrogen and oxygen atoms in total. The summed E-state index contributed by atoms with van der Waals surface area (Å²) in [6.07, 6.45) is 6.98. The number of nitrogens with two attached hydrogens (primary N) is 1. The molecule has 96 valence electrons. The molecule has 3 atom stereocenters. The number of rotatable bonds is 3. The molecular weight excluding hydrogens is 210 g/mol. The lowest BCUT2D eigenvalue weighted by Crippen LogP contribution is -2.44. The van der Waals surface area contributed by atoms with Gasteiger partial charge >= 0.3 is 0 Å². The normalized spacial score (nSPS) is 39.1. The fourth-order valence-electron chi connectivity index (χ4n) is 3.48. The van der Waals surface area contributed by atoms with E-state index in [-0.39, 0.29) is 0 Å². The molecule has 2 N–H and O–H groups in total. The molecule has 2 rings (SSSR count). The summed E-state index contributed by atoms with van der Waals surface area (Å²) in [6, 6.07) is 2.35. The molecule has 0 spiro atoms. The summed E-state index contributed by atoms with van der Waals surface area (Å²) < 4.78 is 0. The number of hydrogen-bond donors (Lipinski definition) is 1. The van der Waals surface area contributed by atoms with Crippen LogP contribution >= 0.6 is 0 Å². The highest BCUT2D eigenvalue weighted by atomic mass is 15.1. The molecule has 0 aromatic rings. The van der Waals surface area contributed by atoms with E-state index in [1.807, 2.05) is 0 Å². The van der Waals surface area contributed by atoms with Crippen molar-refractivity contribution in [3.8, 4) is 6.07 Å². The van der Waals surface area contributed by atoms with Crippen molar-refractivity contribution < 1.29 is 0 Å². The van der Waals surface area contributed by atoms with E-state index in [1.54, 1.807) is 0 Å². The highest BCUT2D eigenvalue weighted by Crippen LogP contribution is 2.35. The van der Waals surface area contributed by atoms with Crippen LogP contribution in [0.25, 0.3) is 0 Å². The van der Waals surface area contributed by atoms with Crippen molar-refractivity contribution in [2.24, 2.45) is 17.6 Å². The maximum atomic E-state index is 9.19. The monoisotopic (exact) mass is 235 g/mol. The quantitative estimate of drug-likeness (QED) is 0.815. The first-order valence-corrected chi connectivity index (χ1v) is 7.06. The SMILES string of the molecule is CC1CCCN(CCC2CCCC2(N)C#N)C1. The van der Waals surface area contributed by atoms with Gasteiger partial charge in [-0.15, -0.1) is 0 Å². The zero-order chi connectivity index (χ0) is 12.3. The Bertz CT molecular complexity index is 296. The van der Waals surface area contributed by atoms with Crippen molar-refractivity contribution in [3.63, 3.8) is 0 Å². The predicted octanol–water partition coefficient (Wildman–Crippen LogP) is 2.13. The molecule has 0 aromatic carbocycles. The number of likely N-dealkylation sites (tertiary alicyclic amines) is 1. The first-order valence-electron chi connectivity index (χ1n) is 7.06. The second-order valence-corrected chi connectivity index (χ2v) is 6.08. The molecule has 1 aliphatic heterocycles. The fraction of sp³-hybridized carbons (Fsp3) is 0.929. The minimum Gasteiger partial charge on any atom is -0.313 e. The Balaban J connectivity index is 1.80. The molecule has 0 aromatic heterocycles. The van der Waals surface area contributed by atoms with Crippen molar-refractivity contribution in [3.05, 3.63) is 0 Å². The summed E-state index contributed by atoms with van der Waals surface area (Å²) in [5, 5.41) is 9.19. The number of hydrogen-bond acceptors (Lipinski definition) is 3. The molecule has 3 unspecified atom stereocenters. The topological polar surface area (TPSA) is 53.0 Å². The molecule has 17 heavy (non-hydrogen) atoms. The maximum absolute atomic E-state index is 9.19. The van der Waals surface area contributed by atoms with Gasteiger partial charge in [-0.2, -0.15) is 5.26 Å². The minimum atomic E-state index is -0.526. The van der Waals surface area contributed by atoms with E-state index in [0.717, 1.165) is 38.1 Å². The van der Waals surface area contributed by atoms with E-state index in [0.29, 0.717) is 5.92 Å². The summed E-state index contributed by atoms with van der Waals surface area (Å²) in [5.74, 6) is 1.26. The lowest BCUT2D eigenvalue weighted by atomic mass is 9.86. The van der Waals surface area contributed by atoms with Gasteiger partial charge in [0, 0.05) is 6.54 Å². The van der Waals surface area contributed by atoms with Gasteiger partial charge in [-0.3, -0.25) is 0 Å². The van der Waals surface area contributed by atoms with E-state index in [4.69, 9.17) is 5.73 Å². The predicted molar refractivity (Wildman–Crippen MR) is 69.3 cm³/mol. The Morgan fingerprint density at radius 3 is 2.94 bits per heavy atom. The highest BCUT2D eigenvalue weighted by Gasteiger charge is 2.39. The van der Waals surface area contributed by atoms with Crippen LogP contribution in [0, 0.1) is 23.2 Å². The Morgan fingerprint density at radius 1 is 1.41 bits per heavy atom. The van der Waals surface area contributed by atoms with Crippen LogP contribution in [0.5, 0.6) is 0 Å². The Morgan fingerprint density at radius 2 is 2.24 bits per heavy atom. The van der Waals surface area contributed by atoms with Crippen molar-refractivity contribution in [2.45, 2.75) is 51.0 Å². The first-order chi connectivity index (χ1) is 8.14. The average Bonchev–Trinajstić information content (AvgIpc) is 2.69. The van der Waals surface area contributed by atoms with Crippen LogP contribution in [0.2, 0.25) is 0 Å². The van der Waals surface area contributed by atoms with E-state index in [2.05, 4.69) is 17.9 Å². The van der Waals surface area contributed by atoms with Gasteiger partial charge in [0.2, 0.25) is 0 Å². The van der Waals surface area contributed by atoms with Gasteiger partial charge in [-0.25, -0.2) is 0 Å². The smallest absolute Gasteiger partial charge is 0.107 e. The van der Waals surface area contributed by atoms with Gasteiger partial charge in [0.05, 0.1) is 6.07 Å². The lowest BCUT2D eigenvalue weighted by Gasteiger charge is -2.33. The van der Waals surface area contributed by atoms with Crippen LogP contribution in [-0.2, 0) is 0 Å². The van der Waals surface area contributed by atoms with Crippen LogP contribution in [0.3, 0.4) is 0 Å². The first kappa shape index (κ1) is 12.9. The Hall–Kier alpha value is -0.590. The van der Waals surface area contributed by atoms with E-state index in [9.17, 15) is 5.26 Å². The summed E-state index contributed by atoms with van der Waals surface area (Å²) in [4.78, 5) is 2.56. The van der Waals surface area contributed by atoms with Crippen molar-refractivity contribution >= 4 is 0 Å². The number of nitrogens with zero attached hydrogens (tertiary/aromatic N) is 2. The third-order valence-electron chi connectivity index (χ3n) is 4.61. The average molecular weight is 235 g/mol. The third kappa shape index (κ3) is 3.00. The fourth-order valence-corrected chi connectivity index (χ4v) is 3.48. The van der Waals surface area contributed by atoms with Gasteiger partial charge in [0.15, 0.2) is 0 Å². The van der Waals surface area contributed by atoms with Crippen LogP contribution < -0.4 is 5.73 Å². The zero-order valence-corrected chi connectivity index (χ0v) is 11.0. The van der Waals surface area contributed by atoms with Crippen molar-refractivity contribution in [2.75, 3.05) is 19.6 Å². The lowest BCUT2D eigenvalue weighted by molar-refractivity contribution is 0.167. The second kappa shape index (κ2) is 5.37. The Kier molecular flexibility index (Phi) is 4.06. The molecule has 2 aliphatic rings. The van der Waals surface area contributed by atoms with Crippen LogP contribution in [0.15, 0.2) is 0 Å². The summed E-state index contributed by atoms with van der Waals surface area (Å²) >= 11 is 0. The van der Waals surface area contributed by atoms with Gasteiger partial charge in [0.25, 0.3) is 0 Å². The van der Waals surface area contributed by atoms with Crippen LogP contribution in [0.4, 0.5) is 0 Å². The number of piperidine rings is 1. The largest absolute Gasteiger partial charge is 0.313 e. The molecular formula is C14H25N3.